The second-order valence-electron chi connectivity index (χ2n) is 15.3. The molecule has 14 nitrogen and oxygen atoms in total. The van der Waals surface area contributed by atoms with Gasteiger partial charge in [-0.3, -0.25) is 9.59 Å². The molecule has 5 aromatic rings. The number of aromatic nitrogens is 4. The summed E-state index contributed by atoms with van der Waals surface area (Å²) in [5.74, 6) is 12.0. The van der Waals surface area contributed by atoms with Crippen LogP contribution >= 0.6 is 24.8 Å². The summed E-state index contributed by atoms with van der Waals surface area (Å²) < 4.78 is 24.9. The van der Waals surface area contributed by atoms with Gasteiger partial charge >= 0.3 is 12.2 Å². The average molecular weight is 912 g/mol. The number of ether oxygens (including phenoxy) is 2. The van der Waals surface area contributed by atoms with Crippen molar-refractivity contribution in [2.45, 2.75) is 63.7 Å². The number of imidazole rings is 2. The van der Waals surface area contributed by atoms with Gasteiger partial charge in [-0.1, -0.05) is 74.4 Å². The van der Waals surface area contributed by atoms with Crippen LogP contribution in [0.1, 0.15) is 86.1 Å². The van der Waals surface area contributed by atoms with Gasteiger partial charge in [0.1, 0.15) is 35.2 Å². The number of methoxy groups -OCH3 is 2. The largest absolute Gasteiger partial charge is 0.453 e. The van der Waals surface area contributed by atoms with Crippen molar-refractivity contribution in [1.82, 2.24) is 40.4 Å². The molecule has 2 fully saturated rings. The Morgan fingerprint density at radius 2 is 1.36 bits per heavy atom. The van der Waals surface area contributed by atoms with Crippen LogP contribution < -0.4 is 10.6 Å². The molecule has 3 unspecified atom stereocenters. The van der Waals surface area contributed by atoms with Gasteiger partial charge in [-0.2, -0.15) is 0 Å². The topological polar surface area (TPSA) is 175 Å². The Balaban J connectivity index is 0.00000385. The van der Waals surface area contributed by atoms with Crippen LogP contribution in [-0.4, -0.2) is 87.1 Å². The van der Waals surface area contributed by atoms with E-state index >= 15 is 4.39 Å². The van der Waals surface area contributed by atoms with Crippen LogP contribution in [0.5, 0.6) is 0 Å². The summed E-state index contributed by atoms with van der Waals surface area (Å²) in [6.07, 6.45) is 4.81. The molecule has 4 heterocycles. The summed E-state index contributed by atoms with van der Waals surface area (Å²) in [6, 6.07) is 18.6. The summed E-state index contributed by atoms with van der Waals surface area (Å²) in [7, 11) is 2.51. The van der Waals surface area contributed by atoms with Crippen LogP contribution in [0.2, 0.25) is 0 Å². The van der Waals surface area contributed by atoms with Crippen LogP contribution in [-0.2, 0) is 19.1 Å². The van der Waals surface area contributed by atoms with Crippen LogP contribution in [0.15, 0.2) is 85.2 Å². The summed E-state index contributed by atoms with van der Waals surface area (Å²) in [6.45, 7) is 4.75. The third-order valence-electron chi connectivity index (χ3n) is 11.1. The normalized spacial score (nSPS) is 16.2. The molecule has 64 heavy (non-hydrogen) atoms. The van der Waals surface area contributed by atoms with Crippen molar-refractivity contribution in [3.8, 4) is 46.1 Å². The third kappa shape index (κ3) is 10.9. The van der Waals surface area contributed by atoms with E-state index in [4.69, 9.17) is 9.47 Å². The highest BCUT2D eigenvalue weighted by Gasteiger charge is 2.38. The first kappa shape index (κ1) is 48.2. The number of hydrogen-bond acceptors (Lipinski definition) is 8. The number of halogens is 3. The van der Waals surface area contributed by atoms with E-state index < -0.39 is 30.1 Å². The lowest BCUT2D eigenvalue weighted by molar-refractivity contribution is -0.135. The van der Waals surface area contributed by atoms with Gasteiger partial charge in [-0.25, -0.2) is 23.9 Å². The minimum absolute atomic E-state index is 0. The van der Waals surface area contributed by atoms with E-state index in [0.29, 0.717) is 71.2 Å². The number of hydrogen-bond donors (Lipinski definition) is 4. The van der Waals surface area contributed by atoms with E-state index in [-0.39, 0.29) is 54.6 Å². The zero-order valence-electron chi connectivity index (χ0n) is 35.6. The van der Waals surface area contributed by atoms with E-state index in [1.807, 2.05) is 32.0 Å². The van der Waals surface area contributed by atoms with Gasteiger partial charge in [-0.05, 0) is 73.1 Å². The number of likely N-dealkylation sites (tertiary alicyclic amines) is 2. The molecule has 17 heteroatoms. The average Bonchev–Trinajstić information content (AvgIpc) is 4.14. The molecule has 2 saturated heterocycles. The maximum absolute atomic E-state index is 15.3. The maximum atomic E-state index is 15.3. The van der Waals surface area contributed by atoms with E-state index in [0.717, 1.165) is 18.4 Å². The smallest absolute Gasteiger partial charge is 0.407 e. The summed E-state index contributed by atoms with van der Waals surface area (Å²) in [4.78, 5) is 71.0. The first-order valence-corrected chi connectivity index (χ1v) is 20.4. The molecule has 0 radical (unpaired) electrons. The molecule has 334 valence electrons. The highest BCUT2D eigenvalue weighted by molar-refractivity contribution is 5.88. The molecular weight excluding hydrogens is 862 g/mol. The Bertz CT molecular complexity index is 2580. The number of nitrogens with zero attached hydrogens (tertiary/aromatic N) is 4. The quantitative estimate of drug-likeness (QED) is 0.103. The Morgan fingerprint density at radius 3 is 2.03 bits per heavy atom. The lowest BCUT2D eigenvalue weighted by Gasteiger charge is -2.30. The van der Waals surface area contributed by atoms with E-state index in [2.05, 4.69) is 54.3 Å². The van der Waals surface area contributed by atoms with Crippen molar-refractivity contribution in [3.63, 3.8) is 0 Å². The molecule has 2 aliphatic heterocycles. The minimum Gasteiger partial charge on any atom is -0.453 e. The fourth-order valence-electron chi connectivity index (χ4n) is 7.93. The van der Waals surface area contributed by atoms with Crippen LogP contribution in [0, 0.1) is 35.4 Å². The van der Waals surface area contributed by atoms with Gasteiger partial charge in [0.05, 0.1) is 44.4 Å². The molecule has 0 saturated carbocycles. The molecular formula is C47H49Cl2FN8O6. The van der Waals surface area contributed by atoms with Crippen LogP contribution in [0.4, 0.5) is 14.0 Å². The second kappa shape index (κ2) is 22.0. The lowest BCUT2D eigenvalue weighted by Crippen LogP contribution is -2.51. The summed E-state index contributed by atoms with van der Waals surface area (Å²) in [5, 5.41) is 5.34. The van der Waals surface area contributed by atoms with Gasteiger partial charge in [0.2, 0.25) is 5.91 Å². The SMILES string of the molecule is COC(=O)NC(C(=O)N1CCCC1c1ncc(C#CC#Cc2ccc(-c3cnc(C4CCCN4C(=O)[C@@H](NC(=O)OC)C(C)C)[nH]3)cc2-c2ccccc2F)[nH]1)c1ccccc1.Cl.Cl. The van der Waals surface area contributed by atoms with Crippen molar-refractivity contribution in [3.05, 3.63) is 119 Å². The maximum Gasteiger partial charge on any atom is 0.407 e. The Morgan fingerprint density at radius 1 is 0.750 bits per heavy atom. The van der Waals surface area contributed by atoms with Crippen molar-refractivity contribution < 1.29 is 33.0 Å². The number of carbonyl (C=O) groups excluding carboxylic acids is 4. The number of carbonyl (C=O) groups is 4. The molecule has 0 aliphatic carbocycles. The van der Waals surface area contributed by atoms with Crippen molar-refractivity contribution in [2.24, 2.45) is 5.92 Å². The van der Waals surface area contributed by atoms with Crippen LogP contribution in [0.3, 0.4) is 0 Å². The molecule has 0 bridgehead atoms. The zero-order valence-corrected chi connectivity index (χ0v) is 37.3. The Kier molecular flexibility index (Phi) is 16.6. The molecule has 0 spiro atoms. The Hall–Kier alpha value is -6.81. The predicted molar refractivity (Wildman–Crippen MR) is 243 cm³/mol. The van der Waals surface area contributed by atoms with Gasteiger partial charge in [-0.15, -0.1) is 24.8 Å². The van der Waals surface area contributed by atoms with Gasteiger partial charge in [0, 0.05) is 35.3 Å². The zero-order chi connectivity index (χ0) is 43.8. The van der Waals surface area contributed by atoms with E-state index in [9.17, 15) is 19.2 Å². The highest BCUT2D eigenvalue weighted by atomic mass is 35.5. The first-order chi connectivity index (χ1) is 30.1. The standard InChI is InChI=1S/C47H47FN8O6.2ClH/c1-29(2)40(53-46(59)61-3)44(57)55-24-13-21-39(55)43-50-28-37(52-43)32-23-22-30(35(26-32)34-18-10-11-19-36(34)48)14-8-9-17-33-27-49-42(51-33)38-20-12-25-56(38)45(58)41(54-47(60)62-4)31-15-6-5-7-16-31;;/h5-7,10-11,15-16,18-19,22-23,26-29,38-41H,12-13,20-21,24-25H2,1-4H3,(H,49,51)(H,50,52)(H,53,59)(H,54,60);2*1H/t38?,39?,40-,41?;;/m0../s1. The molecule has 4 N–H and O–H groups in total. The number of alkyl carbamates (subject to hydrolysis) is 2. The highest BCUT2D eigenvalue weighted by Crippen LogP contribution is 2.36. The van der Waals surface area contributed by atoms with Gasteiger partial charge < -0.3 is 39.9 Å². The molecule has 4 atom stereocenters. The number of nitrogens with one attached hydrogen (secondary N) is 4. The number of benzene rings is 3. The third-order valence-corrected chi connectivity index (χ3v) is 11.1. The molecule has 2 aromatic heterocycles. The minimum atomic E-state index is -0.934. The first-order valence-electron chi connectivity index (χ1n) is 20.4. The van der Waals surface area contributed by atoms with Gasteiger partial charge in [0.15, 0.2) is 0 Å². The molecule has 7 rings (SSSR count). The fraction of sp³-hybridized carbons (Fsp3) is 0.319. The van der Waals surface area contributed by atoms with Crippen molar-refractivity contribution in [2.75, 3.05) is 27.3 Å². The lowest BCUT2D eigenvalue weighted by atomic mass is 9.96. The van der Waals surface area contributed by atoms with Crippen molar-refractivity contribution >= 4 is 48.8 Å². The Labute approximate surface area is 383 Å². The number of aromatic amines is 2. The fourth-order valence-corrected chi connectivity index (χ4v) is 7.93. The molecule has 2 aliphatic rings. The van der Waals surface area contributed by atoms with E-state index in [1.54, 1.807) is 70.7 Å². The van der Waals surface area contributed by atoms with E-state index in [1.165, 1.54) is 20.3 Å². The number of H-pyrrole nitrogens is 2. The second-order valence-corrected chi connectivity index (χ2v) is 15.3. The number of amides is 4. The summed E-state index contributed by atoms with van der Waals surface area (Å²) >= 11 is 0. The molecule has 3 aromatic carbocycles. The van der Waals surface area contributed by atoms with Crippen molar-refractivity contribution in [1.29, 1.82) is 0 Å². The molecule has 4 amide bonds. The van der Waals surface area contributed by atoms with Gasteiger partial charge in [0.25, 0.3) is 5.91 Å². The van der Waals surface area contributed by atoms with Crippen LogP contribution in [0.25, 0.3) is 22.4 Å². The number of rotatable bonds is 10. The summed E-state index contributed by atoms with van der Waals surface area (Å²) in [5.41, 5.74) is 4.03. The monoisotopic (exact) mass is 910 g/mol. The predicted octanol–water partition coefficient (Wildman–Crippen LogP) is 7.66.